The molecule has 3 heterocycles. The fraction of sp³-hybridized carbons (Fsp3) is 0.371. The zero-order valence-electron chi connectivity index (χ0n) is 46.1. The zero-order valence-corrected chi connectivity index (χ0v) is 48.1. The van der Waals surface area contributed by atoms with Crippen LogP contribution in [0.2, 0.25) is 51.4 Å². The van der Waals surface area contributed by atoms with Crippen molar-refractivity contribution in [2.75, 3.05) is 24.6 Å². The number of unbranched alkanes of at least 4 members (excludes halogenated alkanes) is 4. The van der Waals surface area contributed by atoms with Crippen molar-refractivity contribution in [1.29, 1.82) is 5.26 Å². The van der Waals surface area contributed by atoms with Gasteiger partial charge in [0.1, 0.15) is 29.2 Å². The molecule has 15 heteroatoms. The summed E-state index contributed by atoms with van der Waals surface area (Å²) in [5.41, 5.74) is 5.14. The lowest BCUT2D eigenvalue weighted by atomic mass is 9.89. The molecule has 77 heavy (non-hydrogen) atoms. The molecule has 8 rings (SSSR count). The smallest absolute Gasteiger partial charge is 0.269 e. The number of ether oxygens (including phenoxy) is 2. The minimum Gasteiger partial charge on any atom is -0.508 e. The van der Waals surface area contributed by atoms with E-state index in [0.29, 0.717) is 93.1 Å². The summed E-state index contributed by atoms with van der Waals surface area (Å²) in [6, 6.07) is 32.9. The number of rotatable bonds is 22. The molecule has 0 aliphatic carbocycles. The third-order valence-corrected chi connectivity index (χ3v) is 18.2. The summed E-state index contributed by atoms with van der Waals surface area (Å²) in [6.07, 6.45) is 6.47. The molecule has 0 saturated heterocycles. The standard InChI is InChI=1S/C62H74N6O7Si2/c1-11-12-13-14-17-30-66(45-24-29-53-55(35-45)75-56-36-51(54(37-63)64-4)48-18-15-16-19-49(48)58(56)65-53)31-32-74-47-27-22-44(23-28-47)67-59(70)41(3)50(60(67)71)34-42(39-77(8,9)10)57-52(33-40(2)38-76(5,6)7)61(72)68(62(57)73)43-20-25-46(69)26-21-43/h15-16,18-29,35-36,40,42,69-73H,11-14,17,30-34,38-39H2,1-3,5-10H3. The lowest BCUT2D eigenvalue weighted by Crippen LogP contribution is -2.29. The van der Waals surface area contributed by atoms with Gasteiger partial charge in [0, 0.05) is 67.3 Å². The van der Waals surface area contributed by atoms with E-state index in [1.54, 1.807) is 25.1 Å². The Morgan fingerprint density at radius 1 is 0.740 bits per heavy atom. The van der Waals surface area contributed by atoms with Crippen molar-refractivity contribution in [3.63, 3.8) is 0 Å². The van der Waals surface area contributed by atoms with Crippen LogP contribution in [0.15, 0.2) is 102 Å². The molecule has 2 aromatic heterocycles. The van der Waals surface area contributed by atoms with Gasteiger partial charge in [0.05, 0.1) is 30.6 Å². The molecule has 1 aliphatic heterocycles. The lowest BCUT2D eigenvalue weighted by molar-refractivity contribution is 0.323. The van der Waals surface area contributed by atoms with Gasteiger partial charge in [-0.25, -0.2) is 15.1 Å². The second kappa shape index (κ2) is 23.3. The average molecular weight is 1070 g/mol. The van der Waals surface area contributed by atoms with Crippen LogP contribution in [0.5, 0.6) is 46.5 Å². The summed E-state index contributed by atoms with van der Waals surface area (Å²) < 4.78 is 15.8. The van der Waals surface area contributed by atoms with Crippen LogP contribution in [0.3, 0.4) is 0 Å². The maximum atomic E-state index is 12.3. The molecule has 13 nitrogen and oxygen atoms in total. The van der Waals surface area contributed by atoms with E-state index in [1.807, 2.05) is 66.7 Å². The van der Waals surface area contributed by atoms with Gasteiger partial charge in [0.25, 0.3) is 5.70 Å². The Balaban J connectivity index is 1.04. The zero-order chi connectivity index (χ0) is 55.3. The first-order valence-corrected chi connectivity index (χ1v) is 34.4. The van der Waals surface area contributed by atoms with E-state index in [4.69, 9.17) is 21.0 Å². The Hall–Kier alpha value is -7.60. The van der Waals surface area contributed by atoms with Crippen LogP contribution in [-0.4, -0.2) is 70.5 Å². The van der Waals surface area contributed by atoms with Crippen molar-refractivity contribution in [3.05, 3.63) is 141 Å². The van der Waals surface area contributed by atoms with Crippen molar-refractivity contribution in [3.8, 4) is 64.0 Å². The third kappa shape index (κ3) is 12.5. The van der Waals surface area contributed by atoms with Crippen molar-refractivity contribution in [2.45, 2.75) is 123 Å². The van der Waals surface area contributed by atoms with Gasteiger partial charge < -0.3 is 39.9 Å². The molecule has 1 aliphatic rings. The van der Waals surface area contributed by atoms with Gasteiger partial charge in [-0.15, -0.1) is 0 Å². The Morgan fingerprint density at radius 3 is 2.03 bits per heavy atom. The lowest BCUT2D eigenvalue weighted by Gasteiger charge is -2.27. The van der Waals surface area contributed by atoms with Gasteiger partial charge >= 0.3 is 0 Å². The number of phenols is 1. The number of benzene rings is 5. The van der Waals surface area contributed by atoms with Crippen LogP contribution < -0.4 is 24.9 Å². The third-order valence-electron chi connectivity index (χ3n) is 14.6. The SMILES string of the molecule is [C-]#[N+]C(C#N)=c1cc2c(c3ccccc13)=Nc1ccc(N(CCCCCCC)CCOc3ccc(-n4c(O)c(C)c(CC(C[Si](C)(C)C)c5c(CC(C)C[Si](C)(C)C)c(O)n(-c6ccc(O)cc6)c5O)c4O)cc3)cc1O2. The highest BCUT2D eigenvalue weighted by Crippen LogP contribution is 2.49. The van der Waals surface area contributed by atoms with Gasteiger partial charge in [-0.1, -0.05) is 115 Å². The van der Waals surface area contributed by atoms with Crippen LogP contribution in [0.4, 0.5) is 11.4 Å². The fourth-order valence-electron chi connectivity index (χ4n) is 11.2. The Morgan fingerprint density at radius 2 is 1.38 bits per heavy atom. The molecule has 0 fully saturated rings. The number of fused-ring (bicyclic) bond motifs is 4. The van der Waals surface area contributed by atoms with Crippen LogP contribution in [0.25, 0.3) is 32.7 Å². The number of anilines is 1. The molecule has 2 unspecified atom stereocenters. The summed E-state index contributed by atoms with van der Waals surface area (Å²) in [4.78, 5) is 10.8. The summed E-state index contributed by atoms with van der Waals surface area (Å²) in [6.45, 7) is 29.4. The largest absolute Gasteiger partial charge is 0.508 e. The number of nitrogens with zero attached hydrogens (tertiary/aromatic N) is 6. The predicted molar refractivity (Wildman–Crippen MR) is 313 cm³/mol. The van der Waals surface area contributed by atoms with Crippen LogP contribution in [-0.2, 0) is 12.8 Å². The van der Waals surface area contributed by atoms with Crippen LogP contribution in [0.1, 0.15) is 74.1 Å². The summed E-state index contributed by atoms with van der Waals surface area (Å²) in [5.74, 6) is 1.43. The molecule has 0 radical (unpaired) electrons. The van der Waals surface area contributed by atoms with Crippen molar-refractivity contribution in [1.82, 2.24) is 9.13 Å². The molecule has 0 saturated carbocycles. The predicted octanol–water partition coefficient (Wildman–Crippen LogP) is 13.9. The second-order valence-electron chi connectivity index (χ2n) is 23.2. The Labute approximate surface area is 455 Å². The van der Waals surface area contributed by atoms with E-state index in [2.05, 4.69) is 68.9 Å². The van der Waals surface area contributed by atoms with Gasteiger partial charge in [0.2, 0.25) is 23.5 Å². The summed E-state index contributed by atoms with van der Waals surface area (Å²) in [7, 11) is -3.38. The number of hydrogen-bond acceptors (Lipinski definition) is 10. The number of hydrogen-bond donors (Lipinski definition) is 5. The first kappa shape index (κ1) is 55.6. The van der Waals surface area contributed by atoms with Crippen molar-refractivity contribution < 1.29 is 35.0 Å². The Bertz CT molecular complexity index is 3470. The molecule has 0 bridgehead atoms. The van der Waals surface area contributed by atoms with Crippen molar-refractivity contribution >= 4 is 44.0 Å². The molecule has 5 aromatic carbocycles. The van der Waals surface area contributed by atoms with E-state index < -0.39 is 16.1 Å². The van der Waals surface area contributed by atoms with E-state index >= 15 is 0 Å². The molecule has 2 atom stereocenters. The van der Waals surface area contributed by atoms with Crippen LogP contribution in [0, 0.1) is 30.7 Å². The van der Waals surface area contributed by atoms with E-state index in [0.717, 1.165) is 60.8 Å². The maximum Gasteiger partial charge on any atom is 0.269 e. The molecule has 7 aromatic rings. The maximum absolute atomic E-state index is 12.3. The van der Waals surface area contributed by atoms with Gasteiger partial charge in [-0.2, -0.15) is 0 Å². The monoisotopic (exact) mass is 1070 g/mol. The summed E-state index contributed by atoms with van der Waals surface area (Å²) in [5, 5.41) is 70.9. The first-order chi connectivity index (χ1) is 36.7. The highest BCUT2D eigenvalue weighted by Gasteiger charge is 2.35. The van der Waals surface area contributed by atoms with E-state index in [1.165, 1.54) is 27.7 Å². The number of phenolic OH excluding ortho intramolecular Hbond substituents is 1. The average Bonchev–Trinajstić information content (AvgIpc) is 3.90. The normalized spacial score (nSPS) is 13.4. The number of aromatic hydroxyl groups is 5. The topological polar surface area (TPSA) is 173 Å². The quantitative estimate of drug-likeness (QED) is 0.0251. The molecule has 0 amide bonds. The molecule has 5 N–H and O–H groups in total. The molecular formula is C62H74N6O7Si2. The molecule has 0 spiro atoms. The van der Waals surface area contributed by atoms with Gasteiger partial charge in [0.15, 0.2) is 11.5 Å². The van der Waals surface area contributed by atoms with Gasteiger partial charge in [-0.3, -0.25) is 9.13 Å². The number of aromatic nitrogens is 2. The second-order valence-corrected chi connectivity index (χ2v) is 34.3. The minimum absolute atomic E-state index is 0.00766. The van der Waals surface area contributed by atoms with E-state index in [9.17, 15) is 30.8 Å². The van der Waals surface area contributed by atoms with E-state index in [-0.39, 0.29) is 46.8 Å². The first-order valence-electron chi connectivity index (χ1n) is 27.0. The van der Waals surface area contributed by atoms with Crippen molar-refractivity contribution in [2.24, 2.45) is 10.9 Å². The molecule has 402 valence electrons. The molecular weight excluding hydrogens is 997 g/mol. The highest BCUT2D eigenvalue weighted by molar-refractivity contribution is 6.76. The number of nitriles is 1. The van der Waals surface area contributed by atoms with Gasteiger partial charge in [-0.05, 0) is 110 Å². The summed E-state index contributed by atoms with van der Waals surface area (Å²) >= 11 is 0. The van der Waals surface area contributed by atoms with Crippen LogP contribution >= 0.6 is 0 Å². The minimum atomic E-state index is -1.89. The Kier molecular flexibility index (Phi) is 16.9. The highest BCUT2D eigenvalue weighted by atomic mass is 28.3. The fourth-order valence-corrected chi connectivity index (χ4v) is 15.3.